The van der Waals surface area contributed by atoms with Gasteiger partial charge in [-0.25, -0.2) is 0 Å². The van der Waals surface area contributed by atoms with E-state index in [0.717, 1.165) is 40.7 Å². The summed E-state index contributed by atoms with van der Waals surface area (Å²) in [5.41, 5.74) is 1.25. The highest BCUT2D eigenvalue weighted by Gasteiger charge is 2.09. The SMILES string of the molecule is CCCOc1c(Br)cc(CN[C@H](C)CC)cc1Br. The van der Waals surface area contributed by atoms with Crippen LogP contribution in [0.15, 0.2) is 21.1 Å². The molecule has 0 aliphatic heterocycles. The lowest BCUT2D eigenvalue weighted by Gasteiger charge is -2.14. The van der Waals surface area contributed by atoms with Gasteiger partial charge in [-0.3, -0.25) is 0 Å². The van der Waals surface area contributed by atoms with Crippen LogP contribution in [0.4, 0.5) is 0 Å². The Balaban J connectivity index is 2.73. The van der Waals surface area contributed by atoms with Crippen LogP contribution >= 0.6 is 31.9 Å². The van der Waals surface area contributed by atoms with E-state index in [1.807, 2.05) is 0 Å². The molecule has 0 spiro atoms. The number of nitrogens with one attached hydrogen (secondary N) is 1. The molecule has 0 heterocycles. The van der Waals surface area contributed by atoms with Crippen LogP contribution in [0.25, 0.3) is 0 Å². The standard InChI is InChI=1S/C14H21Br2NO/c1-4-6-18-14-12(15)7-11(8-13(14)16)9-17-10(3)5-2/h7-8,10,17H,4-6,9H2,1-3H3/t10-/m1/s1. The summed E-state index contributed by atoms with van der Waals surface area (Å²) in [6.45, 7) is 8.10. The van der Waals surface area contributed by atoms with Crippen LogP contribution in [0.1, 0.15) is 39.2 Å². The fourth-order valence-electron chi connectivity index (χ4n) is 1.49. The summed E-state index contributed by atoms with van der Waals surface area (Å²) in [4.78, 5) is 0. The van der Waals surface area contributed by atoms with Gasteiger partial charge in [0.25, 0.3) is 0 Å². The lowest BCUT2D eigenvalue weighted by atomic mass is 10.2. The Morgan fingerprint density at radius 1 is 1.22 bits per heavy atom. The molecule has 4 heteroatoms. The van der Waals surface area contributed by atoms with Gasteiger partial charge < -0.3 is 10.1 Å². The number of rotatable bonds is 7. The van der Waals surface area contributed by atoms with E-state index in [9.17, 15) is 0 Å². The Morgan fingerprint density at radius 3 is 2.33 bits per heavy atom. The second kappa shape index (κ2) is 8.18. The van der Waals surface area contributed by atoms with Crippen LogP contribution in [0.5, 0.6) is 5.75 Å². The molecule has 0 aromatic heterocycles. The Labute approximate surface area is 127 Å². The van der Waals surface area contributed by atoms with Crippen molar-refractivity contribution >= 4 is 31.9 Å². The predicted molar refractivity (Wildman–Crippen MR) is 84.2 cm³/mol. The Kier molecular flexibility index (Phi) is 7.27. The van der Waals surface area contributed by atoms with Crippen molar-refractivity contribution in [2.24, 2.45) is 0 Å². The van der Waals surface area contributed by atoms with Gasteiger partial charge in [0.2, 0.25) is 0 Å². The number of hydrogen-bond acceptors (Lipinski definition) is 2. The molecule has 0 saturated heterocycles. The zero-order valence-electron chi connectivity index (χ0n) is 11.2. The molecule has 0 aliphatic carbocycles. The third-order valence-corrected chi connectivity index (χ3v) is 3.95. The van der Waals surface area contributed by atoms with Crippen molar-refractivity contribution in [1.29, 1.82) is 0 Å². The molecule has 0 aliphatic rings. The van der Waals surface area contributed by atoms with Crippen molar-refractivity contribution in [2.75, 3.05) is 6.61 Å². The minimum atomic E-state index is 0.540. The van der Waals surface area contributed by atoms with Gasteiger partial charge in [0.1, 0.15) is 5.75 Å². The Hall–Kier alpha value is -0.0600. The summed E-state index contributed by atoms with van der Waals surface area (Å²) >= 11 is 7.14. The highest BCUT2D eigenvalue weighted by molar-refractivity contribution is 9.11. The van der Waals surface area contributed by atoms with Gasteiger partial charge in [-0.05, 0) is 69.3 Å². The van der Waals surface area contributed by atoms with Gasteiger partial charge in [-0.1, -0.05) is 13.8 Å². The number of halogens is 2. The summed E-state index contributed by atoms with van der Waals surface area (Å²) in [7, 11) is 0. The van der Waals surface area contributed by atoms with Crippen molar-refractivity contribution in [3.8, 4) is 5.75 Å². The van der Waals surface area contributed by atoms with Gasteiger partial charge in [0, 0.05) is 12.6 Å². The minimum absolute atomic E-state index is 0.540. The molecule has 1 rings (SSSR count). The van der Waals surface area contributed by atoms with Crippen LogP contribution in [0.2, 0.25) is 0 Å². The highest BCUT2D eigenvalue weighted by atomic mass is 79.9. The highest BCUT2D eigenvalue weighted by Crippen LogP contribution is 2.34. The molecule has 1 atom stereocenters. The summed E-state index contributed by atoms with van der Waals surface area (Å²) in [5, 5.41) is 3.48. The first-order chi connectivity index (χ1) is 8.58. The number of hydrogen-bond donors (Lipinski definition) is 1. The summed E-state index contributed by atoms with van der Waals surface area (Å²) in [6, 6.07) is 4.77. The molecule has 0 amide bonds. The molecular weight excluding hydrogens is 358 g/mol. The van der Waals surface area contributed by atoms with E-state index < -0.39 is 0 Å². The predicted octanol–water partition coefficient (Wildman–Crippen LogP) is 4.89. The summed E-state index contributed by atoms with van der Waals surface area (Å²) < 4.78 is 7.72. The largest absolute Gasteiger partial charge is 0.491 e. The van der Waals surface area contributed by atoms with E-state index in [0.29, 0.717) is 6.04 Å². The number of benzene rings is 1. The first kappa shape index (κ1) is 16.0. The minimum Gasteiger partial charge on any atom is -0.491 e. The smallest absolute Gasteiger partial charge is 0.147 e. The van der Waals surface area contributed by atoms with E-state index in [2.05, 4.69) is 70.1 Å². The third kappa shape index (κ3) is 4.90. The zero-order chi connectivity index (χ0) is 13.5. The Bertz CT molecular complexity index is 359. The molecule has 0 unspecified atom stereocenters. The topological polar surface area (TPSA) is 21.3 Å². The number of ether oxygens (including phenoxy) is 1. The molecule has 2 nitrogen and oxygen atoms in total. The maximum Gasteiger partial charge on any atom is 0.147 e. The van der Waals surface area contributed by atoms with Crippen molar-refractivity contribution < 1.29 is 4.74 Å². The van der Waals surface area contributed by atoms with E-state index in [1.165, 1.54) is 5.56 Å². The molecule has 102 valence electrons. The van der Waals surface area contributed by atoms with E-state index in [1.54, 1.807) is 0 Å². The molecule has 0 bridgehead atoms. The van der Waals surface area contributed by atoms with Gasteiger partial charge in [-0.2, -0.15) is 0 Å². The van der Waals surface area contributed by atoms with Crippen LogP contribution in [-0.4, -0.2) is 12.6 Å². The Morgan fingerprint density at radius 2 is 1.83 bits per heavy atom. The van der Waals surface area contributed by atoms with Crippen LogP contribution in [0, 0.1) is 0 Å². The van der Waals surface area contributed by atoms with Gasteiger partial charge in [-0.15, -0.1) is 0 Å². The van der Waals surface area contributed by atoms with Gasteiger partial charge in [0.05, 0.1) is 15.6 Å². The molecule has 1 aromatic rings. The lowest BCUT2D eigenvalue weighted by Crippen LogP contribution is -2.24. The lowest BCUT2D eigenvalue weighted by molar-refractivity contribution is 0.313. The van der Waals surface area contributed by atoms with Gasteiger partial charge >= 0.3 is 0 Å². The maximum absolute atomic E-state index is 5.70. The second-order valence-corrected chi connectivity index (χ2v) is 6.14. The fraction of sp³-hybridized carbons (Fsp3) is 0.571. The first-order valence-electron chi connectivity index (χ1n) is 6.42. The molecular formula is C14H21Br2NO. The van der Waals surface area contributed by atoms with E-state index in [4.69, 9.17) is 4.74 Å². The zero-order valence-corrected chi connectivity index (χ0v) is 14.4. The molecule has 0 fully saturated rings. The molecule has 0 saturated carbocycles. The van der Waals surface area contributed by atoms with Crippen molar-refractivity contribution in [3.63, 3.8) is 0 Å². The monoisotopic (exact) mass is 377 g/mol. The maximum atomic E-state index is 5.70. The third-order valence-electron chi connectivity index (χ3n) is 2.78. The van der Waals surface area contributed by atoms with Gasteiger partial charge in [0.15, 0.2) is 0 Å². The fourth-order valence-corrected chi connectivity index (χ4v) is 3.00. The van der Waals surface area contributed by atoms with Crippen molar-refractivity contribution in [1.82, 2.24) is 5.32 Å². The molecule has 18 heavy (non-hydrogen) atoms. The summed E-state index contributed by atoms with van der Waals surface area (Å²) in [5.74, 6) is 0.893. The molecule has 1 N–H and O–H groups in total. The van der Waals surface area contributed by atoms with Crippen LogP contribution in [-0.2, 0) is 6.54 Å². The average Bonchev–Trinajstić information content (AvgIpc) is 2.35. The van der Waals surface area contributed by atoms with E-state index in [-0.39, 0.29) is 0 Å². The molecule has 1 aromatic carbocycles. The van der Waals surface area contributed by atoms with E-state index >= 15 is 0 Å². The normalized spacial score (nSPS) is 12.5. The van der Waals surface area contributed by atoms with Crippen LogP contribution < -0.4 is 10.1 Å². The van der Waals surface area contributed by atoms with Crippen molar-refractivity contribution in [2.45, 2.75) is 46.2 Å². The first-order valence-corrected chi connectivity index (χ1v) is 8.01. The second-order valence-electron chi connectivity index (χ2n) is 4.43. The van der Waals surface area contributed by atoms with Crippen molar-refractivity contribution in [3.05, 3.63) is 26.6 Å². The van der Waals surface area contributed by atoms with Crippen LogP contribution in [0.3, 0.4) is 0 Å². The average molecular weight is 379 g/mol. The molecule has 0 radical (unpaired) electrons. The summed E-state index contributed by atoms with van der Waals surface area (Å²) in [6.07, 6.45) is 2.15. The quantitative estimate of drug-likeness (QED) is 0.729.